The van der Waals surface area contributed by atoms with E-state index in [-0.39, 0.29) is 18.0 Å². The molecule has 1 saturated carbocycles. The van der Waals surface area contributed by atoms with E-state index in [0.29, 0.717) is 17.8 Å². The van der Waals surface area contributed by atoms with Crippen LogP contribution in [0.4, 0.5) is 0 Å². The van der Waals surface area contributed by atoms with Crippen LogP contribution >= 0.6 is 12.4 Å². The Labute approximate surface area is 152 Å². The highest BCUT2D eigenvalue weighted by Crippen LogP contribution is 2.42. The van der Waals surface area contributed by atoms with Gasteiger partial charge in [-0.15, -0.1) is 12.4 Å². The van der Waals surface area contributed by atoms with Crippen molar-refractivity contribution in [1.29, 1.82) is 0 Å². The Morgan fingerprint density at radius 1 is 1.32 bits per heavy atom. The van der Waals surface area contributed by atoms with Crippen LogP contribution in [-0.2, 0) is 7.05 Å². The Morgan fingerprint density at radius 3 is 2.76 bits per heavy atom. The number of fused-ring (bicyclic) bond motifs is 1. The van der Waals surface area contributed by atoms with Gasteiger partial charge in [-0.05, 0) is 20.0 Å². The number of nitrogens with zero attached hydrogens (tertiary/aromatic N) is 5. The van der Waals surface area contributed by atoms with Gasteiger partial charge in [0, 0.05) is 37.2 Å². The third-order valence-electron chi connectivity index (χ3n) is 5.25. The van der Waals surface area contributed by atoms with Crippen molar-refractivity contribution < 1.29 is 4.74 Å². The molecule has 0 amide bonds. The lowest BCUT2D eigenvalue weighted by molar-refractivity contribution is -0.0729. The fraction of sp³-hybridized carbons (Fsp3) is 0.471. The molecule has 0 radical (unpaired) electrons. The maximum absolute atomic E-state index is 6.38. The van der Waals surface area contributed by atoms with E-state index in [1.54, 1.807) is 17.1 Å². The summed E-state index contributed by atoms with van der Waals surface area (Å²) < 4.78 is 9.96. The van der Waals surface area contributed by atoms with Crippen LogP contribution in [-0.4, -0.2) is 43.1 Å². The van der Waals surface area contributed by atoms with E-state index < -0.39 is 0 Å². The molecule has 25 heavy (non-hydrogen) atoms. The summed E-state index contributed by atoms with van der Waals surface area (Å²) in [6.45, 7) is 4.36. The summed E-state index contributed by atoms with van der Waals surface area (Å²) in [5.41, 5.74) is 2.40. The second kappa shape index (κ2) is 6.31. The third kappa shape index (κ3) is 2.87. The van der Waals surface area contributed by atoms with E-state index >= 15 is 0 Å². The van der Waals surface area contributed by atoms with Gasteiger partial charge in [-0.1, -0.05) is 6.92 Å². The van der Waals surface area contributed by atoms with Gasteiger partial charge in [-0.25, -0.2) is 9.50 Å². The summed E-state index contributed by atoms with van der Waals surface area (Å²) in [5.74, 6) is 1.03. The molecule has 0 aliphatic heterocycles. The molecular weight excluding hydrogens is 340 g/mol. The van der Waals surface area contributed by atoms with Crippen molar-refractivity contribution >= 4 is 17.9 Å². The molecule has 3 atom stereocenters. The largest absolute Gasteiger partial charge is 0.469 e. The average molecular weight is 363 g/mol. The van der Waals surface area contributed by atoms with Gasteiger partial charge in [0.15, 0.2) is 0 Å². The summed E-state index contributed by atoms with van der Waals surface area (Å²) >= 11 is 0. The standard InChI is InChI=1S/C17H22N6O.ClH/c1-11-13(18-3)7-17(11,2)24-16-15-5-6-19-23(15)10-14(21-16)12-8-20-22(4)9-12;/h5-6,8-11,13,18H,7H2,1-4H3;1H. The highest BCUT2D eigenvalue weighted by Gasteiger charge is 2.50. The summed E-state index contributed by atoms with van der Waals surface area (Å²) in [6, 6.07) is 2.41. The molecule has 3 aromatic rings. The summed E-state index contributed by atoms with van der Waals surface area (Å²) in [4.78, 5) is 4.75. The molecule has 0 saturated heterocycles. The first-order chi connectivity index (χ1) is 11.5. The zero-order valence-corrected chi connectivity index (χ0v) is 15.6. The monoisotopic (exact) mass is 362 g/mol. The van der Waals surface area contributed by atoms with Gasteiger partial charge in [0.05, 0.1) is 24.3 Å². The summed E-state index contributed by atoms with van der Waals surface area (Å²) in [7, 11) is 3.89. The first-order valence-corrected chi connectivity index (χ1v) is 8.20. The van der Waals surface area contributed by atoms with Crippen molar-refractivity contribution in [2.24, 2.45) is 13.0 Å². The second-order valence-corrected chi connectivity index (χ2v) is 6.80. The summed E-state index contributed by atoms with van der Waals surface area (Å²) in [6.07, 6.45) is 8.37. The zero-order valence-electron chi connectivity index (χ0n) is 14.8. The molecule has 3 aromatic heterocycles. The quantitative estimate of drug-likeness (QED) is 0.771. The molecule has 7 nitrogen and oxygen atoms in total. The van der Waals surface area contributed by atoms with Crippen LogP contribution in [0.5, 0.6) is 5.88 Å². The van der Waals surface area contributed by atoms with Crippen molar-refractivity contribution in [3.8, 4) is 17.1 Å². The van der Waals surface area contributed by atoms with Crippen LogP contribution < -0.4 is 10.1 Å². The number of hydrogen-bond acceptors (Lipinski definition) is 5. The maximum atomic E-state index is 6.38. The molecular formula is C17H23ClN6O. The molecule has 1 fully saturated rings. The van der Waals surface area contributed by atoms with Gasteiger partial charge in [-0.2, -0.15) is 10.2 Å². The van der Waals surface area contributed by atoms with Crippen molar-refractivity contribution in [3.63, 3.8) is 0 Å². The smallest absolute Gasteiger partial charge is 0.241 e. The van der Waals surface area contributed by atoms with Crippen molar-refractivity contribution in [1.82, 2.24) is 29.7 Å². The number of ether oxygens (including phenoxy) is 1. The zero-order chi connectivity index (χ0) is 16.9. The van der Waals surface area contributed by atoms with E-state index in [4.69, 9.17) is 9.72 Å². The minimum atomic E-state index is -0.223. The van der Waals surface area contributed by atoms with Gasteiger partial charge in [-0.3, -0.25) is 4.68 Å². The predicted octanol–water partition coefficient (Wildman–Crippen LogP) is 2.32. The Bertz CT molecular complexity index is 890. The minimum Gasteiger partial charge on any atom is -0.469 e. The molecule has 4 rings (SSSR count). The third-order valence-corrected chi connectivity index (χ3v) is 5.25. The molecule has 134 valence electrons. The normalized spacial score (nSPS) is 25.4. The first kappa shape index (κ1) is 17.7. The molecule has 0 spiro atoms. The van der Waals surface area contributed by atoms with Crippen LogP contribution in [0.1, 0.15) is 20.3 Å². The first-order valence-electron chi connectivity index (χ1n) is 8.20. The highest BCUT2D eigenvalue weighted by molar-refractivity contribution is 5.85. The molecule has 1 aliphatic rings. The van der Waals surface area contributed by atoms with Gasteiger partial charge in [0.1, 0.15) is 11.1 Å². The molecule has 1 aliphatic carbocycles. The van der Waals surface area contributed by atoms with E-state index in [1.807, 2.05) is 37.1 Å². The molecule has 1 N–H and O–H groups in total. The number of halogens is 1. The minimum absolute atomic E-state index is 0. The van der Waals surface area contributed by atoms with Crippen LogP contribution in [0, 0.1) is 5.92 Å². The van der Waals surface area contributed by atoms with Gasteiger partial charge in [0.25, 0.3) is 0 Å². The van der Waals surface area contributed by atoms with E-state index in [2.05, 4.69) is 29.4 Å². The van der Waals surface area contributed by atoms with E-state index in [0.717, 1.165) is 23.2 Å². The van der Waals surface area contributed by atoms with Crippen LogP contribution in [0.25, 0.3) is 16.8 Å². The fourth-order valence-corrected chi connectivity index (χ4v) is 3.44. The van der Waals surface area contributed by atoms with E-state index in [1.165, 1.54) is 0 Å². The number of aromatic nitrogens is 5. The van der Waals surface area contributed by atoms with Gasteiger partial charge < -0.3 is 10.1 Å². The molecule has 3 unspecified atom stereocenters. The van der Waals surface area contributed by atoms with Crippen molar-refractivity contribution in [2.45, 2.75) is 31.9 Å². The SMILES string of the molecule is CNC1CC(C)(Oc2nc(-c3cnn(C)c3)cn3nccc23)C1C.Cl. The maximum Gasteiger partial charge on any atom is 0.241 e. The number of rotatable bonds is 4. The van der Waals surface area contributed by atoms with Crippen molar-refractivity contribution in [3.05, 3.63) is 30.9 Å². The molecule has 0 bridgehead atoms. The predicted molar refractivity (Wildman–Crippen MR) is 98.1 cm³/mol. The topological polar surface area (TPSA) is 69.3 Å². The van der Waals surface area contributed by atoms with Crippen LogP contribution in [0.3, 0.4) is 0 Å². The van der Waals surface area contributed by atoms with Gasteiger partial charge in [0.2, 0.25) is 5.88 Å². The van der Waals surface area contributed by atoms with Gasteiger partial charge >= 0.3 is 0 Å². The number of hydrogen-bond donors (Lipinski definition) is 1. The fourth-order valence-electron chi connectivity index (χ4n) is 3.44. The number of nitrogens with one attached hydrogen (secondary N) is 1. The number of aryl methyl sites for hydroxylation is 1. The second-order valence-electron chi connectivity index (χ2n) is 6.80. The average Bonchev–Trinajstić information content (AvgIpc) is 3.21. The molecule has 0 aromatic carbocycles. The Kier molecular flexibility index (Phi) is 4.47. The molecule has 3 heterocycles. The van der Waals surface area contributed by atoms with E-state index in [9.17, 15) is 0 Å². The van der Waals surface area contributed by atoms with Crippen LogP contribution in [0.15, 0.2) is 30.9 Å². The summed E-state index contributed by atoms with van der Waals surface area (Å²) in [5, 5.41) is 11.9. The highest BCUT2D eigenvalue weighted by atomic mass is 35.5. The lowest BCUT2D eigenvalue weighted by Crippen LogP contribution is -2.62. The van der Waals surface area contributed by atoms with Crippen LogP contribution in [0.2, 0.25) is 0 Å². The lowest BCUT2D eigenvalue weighted by Gasteiger charge is -2.50. The lowest BCUT2D eigenvalue weighted by atomic mass is 9.67. The molecule has 8 heteroatoms. The van der Waals surface area contributed by atoms with Crippen molar-refractivity contribution in [2.75, 3.05) is 7.05 Å². The Hall–Kier alpha value is -2.12. The Balaban J connectivity index is 0.00000182. The Morgan fingerprint density at radius 2 is 2.12 bits per heavy atom.